The summed E-state index contributed by atoms with van der Waals surface area (Å²) in [7, 11) is 0. The van der Waals surface area contributed by atoms with Crippen LogP contribution in [0.15, 0.2) is 0 Å². The molecule has 20 heavy (non-hydrogen) atoms. The van der Waals surface area contributed by atoms with Gasteiger partial charge >= 0.3 is 5.97 Å². The second-order valence-electron chi connectivity index (χ2n) is 5.47. The Bertz CT molecular complexity index is 508. The van der Waals surface area contributed by atoms with Gasteiger partial charge in [-0.05, 0) is 12.8 Å². The van der Waals surface area contributed by atoms with E-state index >= 15 is 0 Å². The Kier molecular flexibility index (Phi) is 3.47. The standard InChI is InChI=1S/C13H19N3O4/c1-2-10-11(12(17)18)14-15-16(10)9-3-5-20-13(7-9)4-6-19-8-13/h9H,2-8H2,1H3,(H,17,18). The van der Waals surface area contributed by atoms with Gasteiger partial charge in [0, 0.05) is 26.1 Å². The van der Waals surface area contributed by atoms with E-state index in [1.54, 1.807) is 4.68 Å². The molecule has 0 radical (unpaired) electrons. The lowest BCUT2D eigenvalue weighted by Gasteiger charge is -2.37. The number of aromatic nitrogens is 3. The van der Waals surface area contributed by atoms with Crippen LogP contribution in [0.4, 0.5) is 0 Å². The van der Waals surface area contributed by atoms with Crippen LogP contribution in [0.1, 0.15) is 48.4 Å². The van der Waals surface area contributed by atoms with Crippen molar-refractivity contribution in [2.24, 2.45) is 0 Å². The molecule has 0 aliphatic carbocycles. The Balaban J connectivity index is 1.87. The van der Waals surface area contributed by atoms with Gasteiger partial charge in [0.1, 0.15) is 0 Å². The van der Waals surface area contributed by atoms with Crippen molar-refractivity contribution in [1.82, 2.24) is 15.0 Å². The molecular formula is C13H19N3O4. The summed E-state index contributed by atoms with van der Waals surface area (Å²) in [6, 6.07) is 0.140. The first-order valence-corrected chi connectivity index (χ1v) is 7.04. The number of ether oxygens (including phenoxy) is 2. The first-order chi connectivity index (χ1) is 9.65. The highest BCUT2D eigenvalue weighted by atomic mass is 16.6. The van der Waals surface area contributed by atoms with Crippen molar-refractivity contribution in [3.63, 3.8) is 0 Å². The average molecular weight is 281 g/mol. The van der Waals surface area contributed by atoms with E-state index in [4.69, 9.17) is 14.6 Å². The fourth-order valence-electron chi connectivity index (χ4n) is 3.18. The summed E-state index contributed by atoms with van der Waals surface area (Å²) in [5.74, 6) is -1.01. The van der Waals surface area contributed by atoms with E-state index in [1.165, 1.54) is 0 Å². The summed E-state index contributed by atoms with van der Waals surface area (Å²) < 4.78 is 13.1. The number of hydrogen-bond acceptors (Lipinski definition) is 5. The maximum absolute atomic E-state index is 11.2. The van der Waals surface area contributed by atoms with Gasteiger partial charge in [-0.15, -0.1) is 5.10 Å². The van der Waals surface area contributed by atoms with Crippen LogP contribution in [0.2, 0.25) is 0 Å². The number of aromatic carboxylic acids is 1. The Morgan fingerprint density at radius 2 is 2.40 bits per heavy atom. The lowest BCUT2D eigenvalue weighted by molar-refractivity contribution is -0.0967. The average Bonchev–Trinajstić information content (AvgIpc) is 3.05. The molecule has 0 saturated carbocycles. The maximum Gasteiger partial charge on any atom is 0.358 e. The van der Waals surface area contributed by atoms with Crippen molar-refractivity contribution in [3.8, 4) is 0 Å². The Morgan fingerprint density at radius 3 is 3.05 bits per heavy atom. The molecule has 2 fully saturated rings. The molecule has 1 N–H and O–H groups in total. The molecule has 1 aromatic heterocycles. The molecule has 0 amide bonds. The molecule has 1 aromatic rings. The van der Waals surface area contributed by atoms with Crippen molar-refractivity contribution in [2.45, 2.75) is 44.2 Å². The van der Waals surface area contributed by atoms with Crippen molar-refractivity contribution in [1.29, 1.82) is 0 Å². The third-order valence-corrected chi connectivity index (χ3v) is 4.21. The normalized spacial score (nSPS) is 29.9. The van der Waals surface area contributed by atoms with Gasteiger partial charge in [-0.25, -0.2) is 9.48 Å². The van der Waals surface area contributed by atoms with Crippen LogP contribution in [0, 0.1) is 0 Å². The lowest BCUT2D eigenvalue weighted by Crippen LogP contribution is -2.41. The van der Waals surface area contributed by atoms with E-state index in [2.05, 4.69) is 10.3 Å². The highest BCUT2D eigenvalue weighted by Gasteiger charge is 2.42. The molecule has 2 aliphatic heterocycles. The molecule has 2 atom stereocenters. The van der Waals surface area contributed by atoms with Crippen LogP contribution in [0.5, 0.6) is 0 Å². The summed E-state index contributed by atoms with van der Waals surface area (Å²) in [5.41, 5.74) is 0.540. The fourth-order valence-corrected chi connectivity index (χ4v) is 3.18. The summed E-state index contributed by atoms with van der Waals surface area (Å²) in [4.78, 5) is 11.2. The predicted molar refractivity (Wildman–Crippen MR) is 68.7 cm³/mol. The summed E-state index contributed by atoms with van der Waals surface area (Å²) in [6.45, 7) is 3.92. The number of carboxylic acid groups (broad SMARTS) is 1. The van der Waals surface area contributed by atoms with Crippen molar-refractivity contribution < 1.29 is 19.4 Å². The van der Waals surface area contributed by atoms with Crippen LogP contribution in [-0.2, 0) is 15.9 Å². The quantitative estimate of drug-likeness (QED) is 0.891. The van der Waals surface area contributed by atoms with Gasteiger partial charge < -0.3 is 14.6 Å². The number of carboxylic acids is 1. The lowest BCUT2D eigenvalue weighted by atomic mass is 9.89. The van der Waals surface area contributed by atoms with Gasteiger partial charge in [0.05, 0.1) is 23.9 Å². The molecule has 2 saturated heterocycles. The van der Waals surface area contributed by atoms with Gasteiger partial charge in [0.15, 0.2) is 5.69 Å². The van der Waals surface area contributed by atoms with Gasteiger partial charge in [0.25, 0.3) is 0 Å². The van der Waals surface area contributed by atoms with Gasteiger partial charge in [-0.3, -0.25) is 0 Å². The first-order valence-electron chi connectivity index (χ1n) is 7.04. The maximum atomic E-state index is 11.2. The smallest absolute Gasteiger partial charge is 0.358 e. The van der Waals surface area contributed by atoms with Crippen LogP contribution < -0.4 is 0 Å². The zero-order valence-corrected chi connectivity index (χ0v) is 11.5. The van der Waals surface area contributed by atoms with Crippen LogP contribution in [0.25, 0.3) is 0 Å². The third-order valence-electron chi connectivity index (χ3n) is 4.21. The van der Waals surface area contributed by atoms with E-state index in [1.807, 2.05) is 6.92 Å². The Hall–Kier alpha value is -1.47. The predicted octanol–water partition coefficient (Wildman–Crippen LogP) is 1.05. The van der Waals surface area contributed by atoms with E-state index in [0.29, 0.717) is 25.3 Å². The van der Waals surface area contributed by atoms with E-state index < -0.39 is 5.97 Å². The molecule has 3 heterocycles. The largest absolute Gasteiger partial charge is 0.476 e. The summed E-state index contributed by atoms with van der Waals surface area (Å²) >= 11 is 0. The Labute approximate surface area is 116 Å². The number of carbonyl (C=O) groups is 1. The second-order valence-corrected chi connectivity index (χ2v) is 5.47. The molecule has 0 bridgehead atoms. The molecule has 110 valence electrons. The van der Waals surface area contributed by atoms with E-state index in [0.717, 1.165) is 25.9 Å². The SMILES string of the molecule is CCc1c(C(=O)O)nnn1C1CCOC2(CCOC2)C1. The Morgan fingerprint density at radius 1 is 1.55 bits per heavy atom. The van der Waals surface area contributed by atoms with Crippen LogP contribution in [-0.4, -0.2) is 51.5 Å². The molecule has 2 aliphatic rings. The minimum atomic E-state index is -1.01. The zero-order valence-electron chi connectivity index (χ0n) is 11.5. The third kappa shape index (κ3) is 2.20. The van der Waals surface area contributed by atoms with Crippen LogP contribution in [0.3, 0.4) is 0 Å². The van der Waals surface area contributed by atoms with Crippen molar-refractivity contribution in [2.75, 3.05) is 19.8 Å². The topological polar surface area (TPSA) is 86.5 Å². The number of rotatable bonds is 3. The minimum Gasteiger partial charge on any atom is -0.476 e. The molecule has 7 heteroatoms. The van der Waals surface area contributed by atoms with Gasteiger partial charge in [-0.1, -0.05) is 12.1 Å². The van der Waals surface area contributed by atoms with Crippen molar-refractivity contribution in [3.05, 3.63) is 11.4 Å². The van der Waals surface area contributed by atoms with Crippen molar-refractivity contribution >= 4 is 5.97 Å². The monoisotopic (exact) mass is 281 g/mol. The van der Waals surface area contributed by atoms with Gasteiger partial charge in [0.2, 0.25) is 0 Å². The molecule has 2 unspecified atom stereocenters. The molecular weight excluding hydrogens is 262 g/mol. The zero-order chi connectivity index (χ0) is 14.2. The van der Waals surface area contributed by atoms with E-state index in [-0.39, 0.29) is 17.3 Å². The molecule has 1 spiro atoms. The molecule has 3 rings (SSSR count). The fraction of sp³-hybridized carbons (Fsp3) is 0.769. The molecule has 7 nitrogen and oxygen atoms in total. The van der Waals surface area contributed by atoms with Crippen LogP contribution >= 0.6 is 0 Å². The first kappa shape index (κ1) is 13.5. The molecule has 0 aromatic carbocycles. The number of hydrogen-bond donors (Lipinski definition) is 1. The number of nitrogens with zero attached hydrogens (tertiary/aromatic N) is 3. The van der Waals surface area contributed by atoms with Gasteiger partial charge in [-0.2, -0.15) is 0 Å². The summed E-state index contributed by atoms with van der Waals surface area (Å²) in [5, 5.41) is 17.0. The van der Waals surface area contributed by atoms with E-state index in [9.17, 15) is 4.79 Å². The second kappa shape index (κ2) is 5.14. The highest BCUT2D eigenvalue weighted by Crippen LogP contribution is 2.38. The highest BCUT2D eigenvalue weighted by molar-refractivity contribution is 5.86. The minimum absolute atomic E-state index is 0.0655. The summed E-state index contributed by atoms with van der Waals surface area (Å²) in [6.07, 6.45) is 3.14.